The van der Waals surface area contributed by atoms with Crippen LogP contribution in [0.15, 0.2) is 59.3 Å². The van der Waals surface area contributed by atoms with Crippen molar-refractivity contribution in [3.63, 3.8) is 0 Å². The molecule has 0 unspecified atom stereocenters. The molecule has 8 nitrogen and oxygen atoms in total. The van der Waals surface area contributed by atoms with Crippen LogP contribution in [-0.4, -0.2) is 71.6 Å². The number of carbonyl (C=O) groups is 1. The first kappa shape index (κ1) is 26.0. The Morgan fingerprint density at radius 3 is 2.64 bits per heavy atom. The lowest BCUT2D eigenvalue weighted by molar-refractivity contribution is 0.0320. The molecule has 2 aromatic heterocycles. The van der Waals surface area contributed by atoms with Crippen molar-refractivity contribution in [3.05, 3.63) is 83.3 Å². The second-order valence-electron chi connectivity index (χ2n) is 9.51. The zero-order chi connectivity index (χ0) is 25.2. The van der Waals surface area contributed by atoms with Crippen molar-refractivity contribution in [1.29, 1.82) is 0 Å². The van der Waals surface area contributed by atoms with Crippen molar-refractivity contribution in [2.75, 3.05) is 45.9 Å². The summed E-state index contributed by atoms with van der Waals surface area (Å²) in [6.07, 6.45) is 3.87. The molecule has 1 fully saturated rings. The Morgan fingerprint density at radius 1 is 1.11 bits per heavy atom. The van der Waals surface area contributed by atoms with Gasteiger partial charge in [-0.15, -0.1) is 0 Å². The highest BCUT2D eigenvalue weighted by Crippen LogP contribution is 2.17. The van der Waals surface area contributed by atoms with Crippen molar-refractivity contribution < 1.29 is 13.9 Å². The maximum atomic E-state index is 12.6. The molecule has 1 amide bonds. The number of nitrogens with one attached hydrogen (secondary N) is 1. The average Bonchev–Trinajstić information content (AvgIpc) is 3.37. The second-order valence-corrected chi connectivity index (χ2v) is 9.51. The Kier molecular flexibility index (Phi) is 9.61. The molecule has 0 radical (unpaired) electrons. The Hall–Kier alpha value is -3.07. The number of hydrogen-bond acceptors (Lipinski definition) is 7. The lowest BCUT2D eigenvalue weighted by atomic mass is 10.0. The maximum absolute atomic E-state index is 12.6. The highest BCUT2D eigenvalue weighted by Gasteiger charge is 2.17. The molecule has 0 bridgehead atoms. The van der Waals surface area contributed by atoms with Gasteiger partial charge in [0, 0.05) is 57.6 Å². The van der Waals surface area contributed by atoms with Crippen LogP contribution in [0.3, 0.4) is 0 Å². The number of aromatic nitrogens is 2. The summed E-state index contributed by atoms with van der Waals surface area (Å²) in [5.41, 5.74) is 3.84. The molecule has 1 aromatic carbocycles. The van der Waals surface area contributed by atoms with Crippen LogP contribution in [0.25, 0.3) is 0 Å². The maximum Gasteiger partial charge on any atom is 0.273 e. The molecule has 192 valence electrons. The van der Waals surface area contributed by atoms with E-state index in [0.717, 1.165) is 51.6 Å². The van der Waals surface area contributed by atoms with Gasteiger partial charge in [-0.25, -0.2) is 4.98 Å². The number of oxazole rings is 1. The van der Waals surface area contributed by atoms with Crippen molar-refractivity contribution in [2.24, 2.45) is 0 Å². The summed E-state index contributed by atoms with van der Waals surface area (Å²) >= 11 is 0. The van der Waals surface area contributed by atoms with Gasteiger partial charge >= 0.3 is 0 Å². The topological polar surface area (TPSA) is 83.7 Å². The number of morpholine rings is 1. The van der Waals surface area contributed by atoms with Crippen LogP contribution in [0.1, 0.15) is 53.0 Å². The monoisotopic (exact) mass is 491 g/mol. The number of rotatable bonds is 12. The van der Waals surface area contributed by atoms with E-state index in [1.807, 2.05) is 18.2 Å². The summed E-state index contributed by atoms with van der Waals surface area (Å²) in [6, 6.07) is 14.6. The molecule has 1 aliphatic rings. The van der Waals surface area contributed by atoms with Gasteiger partial charge in [0.1, 0.15) is 6.26 Å². The first-order valence-corrected chi connectivity index (χ1v) is 12.8. The van der Waals surface area contributed by atoms with E-state index in [0.29, 0.717) is 37.0 Å². The predicted octanol–water partition coefficient (Wildman–Crippen LogP) is 3.50. The fraction of sp³-hybridized carbons (Fsp3) is 0.464. The van der Waals surface area contributed by atoms with E-state index in [2.05, 4.69) is 63.2 Å². The Labute approximate surface area is 213 Å². The van der Waals surface area contributed by atoms with Gasteiger partial charge < -0.3 is 14.5 Å². The summed E-state index contributed by atoms with van der Waals surface area (Å²) in [4.78, 5) is 26.1. The highest BCUT2D eigenvalue weighted by atomic mass is 16.5. The number of carbonyl (C=O) groups excluding carboxylic acids is 1. The Morgan fingerprint density at radius 2 is 1.92 bits per heavy atom. The zero-order valence-corrected chi connectivity index (χ0v) is 21.4. The molecule has 0 saturated carbocycles. The molecule has 1 aliphatic heterocycles. The van der Waals surface area contributed by atoms with Gasteiger partial charge in [-0.1, -0.05) is 44.2 Å². The summed E-state index contributed by atoms with van der Waals surface area (Å²) in [5, 5.41) is 2.90. The third-order valence-electron chi connectivity index (χ3n) is 6.42. The molecule has 1 saturated heterocycles. The van der Waals surface area contributed by atoms with Crippen LogP contribution in [0.2, 0.25) is 0 Å². The van der Waals surface area contributed by atoms with Crippen LogP contribution < -0.4 is 5.32 Å². The highest BCUT2D eigenvalue weighted by molar-refractivity contribution is 5.91. The number of ether oxygens (including phenoxy) is 1. The Balaban J connectivity index is 1.34. The van der Waals surface area contributed by atoms with E-state index in [1.54, 1.807) is 6.20 Å². The largest absolute Gasteiger partial charge is 0.447 e. The fourth-order valence-corrected chi connectivity index (χ4v) is 4.21. The van der Waals surface area contributed by atoms with Crippen LogP contribution in [0.4, 0.5) is 0 Å². The van der Waals surface area contributed by atoms with Gasteiger partial charge in [-0.05, 0) is 29.2 Å². The van der Waals surface area contributed by atoms with E-state index in [1.165, 1.54) is 17.4 Å². The minimum Gasteiger partial charge on any atom is -0.447 e. The third kappa shape index (κ3) is 7.98. The average molecular weight is 492 g/mol. The van der Waals surface area contributed by atoms with Crippen molar-refractivity contribution in [1.82, 2.24) is 25.1 Å². The number of nitrogens with zero attached hydrogens (tertiary/aromatic N) is 4. The van der Waals surface area contributed by atoms with Crippen molar-refractivity contribution >= 4 is 5.91 Å². The van der Waals surface area contributed by atoms with E-state index >= 15 is 0 Å². The molecule has 3 heterocycles. The van der Waals surface area contributed by atoms with Gasteiger partial charge in [0.15, 0.2) is 5.69 Å². The first-order chi connectivity index (χ1) is 17.6. The molecule has 36 heavy (non-hydrogen) atoms. The summed E-state index contributed by atoms with van der Waals surface area (Å²) in [5.74, 6) is 0.827. The predicted molar refractivity (Wildman–Crippen MR) is 139 cm³/mol. The normalized spacial score (nSPS) is 14.4. The number of benzene rings is 1. The van der Waals surface area contributed by atoms with E-state index in [9.17, 15) is 4.79 Å². The molecule has 8 heteroatoms. The van der Waals surface area contributed by atoms with Crippen LogP contribution in [0.5, 0.6) is 0 Å². The van der Waals surface area contributed by atoms with Crippen LogP contribution in [0, 0.1) is 0 Å². The first-order valence-electron chi connectivity index (χ1n) is 12.8. The second kappa shape index (κ2) is 13.3. The van der Waals surface area contributed by atoms with E-state index in [-0.39, 0.29) is 5.91 Å². The van der Waals surface area contributed by atoms with Crippen LogP contribution in [-0.2, 0) is 24.2 Å². The van der Waals surface area contributed by atoms with Gasteiger partial charge in [-0.3, -0.25) is 19.6 Å². The van der Waals surface area contributed by atoms with E-state index < -0.39 is 0 Å². The smallest absolute Gasteiger partial charge is 0.273 e. The molecular formula is C28H37N5O3. The summed E-state index contributed by atoms with van der Waals surface area (Å²) in [6.45, 7) is 11.6. The lowest BCUT2D eigenvalue weighted by Crippen LogP contribution is -2.41. The van der Waals surface area contributed by atoms with Crippen LogP contribution >= 0.6 is 0 Å². The number of pyridine rings is 1. The van der Waals surface area contributed by atoms with Crippen molar-refractivity contribution in [3.8, 4) is 0 Å². The standard InChI is InChI=1S/C28H37N5O3/c1-22(2)24-8-6-23(7-9-24)19-33(14-13-32-15-17-35-18-16-32)20-27-31-26(21-36-27)28(34)30-12-10-25-5-3-4-11-29-25/h3-9,11,21-22H,10,12-20H2,1-2H3,(H,30,34). The number of hydrogen-bond donors (Lipinski definition) is 1. The molecule has 0 spiro atoms. The fourth-order valence-electron chi connectivity index (χ4n) is 4.21. The lowest BCUT2D eigenvalue weighted by Gasteiger charge is -2.29. The van der Waals surface area contributed by atoms with Gasteiger partial charge in [0.25, 0.3) is 5.91 Å². The Bertz CT molecular complexity index is 1060. The molecule has 0 atom stereocenters. The number of amides is 1. The van der Waals surface area contributed by atoms with Gasteiger partial charge in [0.2, 0.25) is 5.89 Å². The van der Waals surface area contributed by atoms with Crippen molar-refractivity contribution in [2.45, 2.75) is 39.3 Å². The molecule has 4 rings (SSSR count). The zero-order valence-electron chi connectivity index (χ0n) is 21.4. The minimum absolute atomic E-state index is 0.231. The van der Waals surface area contributed by atoms with E-state index in [4.69, 9.17) is 9.15 Å². The SMILES string of the molecule is CC(C)c1ccc(CN(CCN2CCOCC2)Cc2nc(C(=O)NCCc3ccccn3)co2)cc1. The summed E-state index contributed by atoms with van der Waals surface area (Å²) in [7, 11) is 0. The van der Waals surface area contributed by atoms with Gasteiger partial charge in [-0.2, -0.15) is 0 Å². The minimum atomic E-state index is -0.231. The van der Waals surface area contributed by atoms with Gasteiger partial charge in [0.05, 0.1) is 19.8 Å². The molecule has 1 N–H and O–H groups in total. The quantitative estimate of drug-likeness (QED) is 0.415. The molecule has 0 aliphatic carbocycles. The third-order valence-corrected chi connectivity index (χ3v) is 6.42. The molecular weight excluding hydrogens is 454 g/mol. The summed E-state index contributed by atoms with van der Waals surface area (Å²) < 4.78 is 11.2. The molecule has 3 aromatic rings.